The third-order valence-electron chi connectivity index (χ3n) is 4.81. The number of allylic oxidation sites excluding steroid dienone is 1. The molecule has 3 heterocycles. The monoisotopic (exact) mass is 504 g/mol. The highest BCUT2D eigenvalue weighted by Crippen LogP contribution is 2.40. The molecule has 0 radical (unpaired) electrons. The predicted octanol–water partition coefficient (Wildman–Crippen LogP) is 3.16. The lowest BCUT2D eigenvalue weighted by molar-refractivity contribution is -0.148. The van der Waals surface area contributed by atoms with Gasteiger partial charge in [-0.05, 0) is 42.0 Å². The van der Waals surface area contributed by atoms with Gasteiger partial charge in [-0.1, -0.05) is 28.6 Å². The molecule has 2 N–H and O–H groups in total. The first-order valence-electron chi connectivity index (χ1n) is 9.20. The summed E-state index contributed by atoms with van der Waals surface area (Å²) in [5.41, 5.74) is 0.396. The number of fused-ring (bicyclic) bond motifs is 1. The van der Waals surface area contributed by atoms with E-state index in [9.17, 15) is 19.5 Å². The summed E-state index contributed by atoms with van der Waals surface area (Å²) in [6.45, 7) is 3.75. The molecule has 0 bridgehead atoms. The van der Waals surface area contributed by atoms with Gasteiger partial charge in [-0.15, -0.1) is 11.8 Å². The molecule has 1 fully saturated rings. The molecule has 31 heavy (non-hydrogen) atoms. The van der Waals surface area contributed by atoms with Gasteiger partial charge in [0, 0.05) is 10.2 Å². The minimum atomic E-state index is -1.19. The number of furan rings is 1. The van der Waals surface area contributed by atoms with Crippen molar-refractivity contribution in [2.24, 2.45) is 0 Å². The molecule has 2 aliphatic heterocycles. The second-order valence-electron chi connectivity index (χ2n) is 6.75. The second kappa shape index (κ2) is 8.64. The molecule has 8 nitrogen and oxygen atoms in total. The standard InChI is InChI=1S/C21H17BrN2O6S/c1-2-11-10-31-20-16(19(26)24(20)17(11)21(27)28)23-18(25)15-8-7-14(30-15)9-29-13-5-3-12(22)4-6-13/h2-8,16,20H,1,9-10H2,(H,23,25)(H,27,28)/t16-,20-/m1/s1. The summed E-state index contributed by atoms with van der Waals surface area (Å²) < 4.78 is 12.1. The molecule has 0 unspecified atom stereocenters. The number of hydrogen-bond donors (Lipinski definition) is 2. The predicted molar refractivity (Wildman–Crippen MR) is 116 cm³/mol. The van der Waals surface area contributed by atoms with E-state index in [4.69, 9.17) is 9.15 Å². The lowest BCUT2D eigenvalue weighted by Gasteiger charge is -2.49. The quantitative estimate of drug-likeness (QED) is 0.557. The van der Waals surface area contributed by atoms with Crippen molar-refractivity contribution in [2.75, 3.05) is 5.75 Å². The van der Waals surface area contributed by atoms with Crippen molar-refractivity contribution in [1.82, 2.24) is 10.2 Å². The number of β-lactam (4-membered cyclic amide) rings is 1. The smallest absolute Gasteiger partial charge is 0.352 e. The van der Waals surface area contributed by atoms with Crippen LogP contribution in [-0.4, -0.2) is 45.0 Å². The van der Waals surface area contributed by atoms with Crippen LogP contribution in [-0.2, 0) is 16.2 Å². The largest absolute Gasteiger partial charge is 0.486 e. The Bertz CT molecular complexity index is 1090. The molecule has 2 aromatic rings. The number of rotatable bonds is 7. The van der Waals surface area contributed by atoms with E-state index in [1.54, 1.807) is 18.2 Å². The summed E-state index contributed by atoms with van der Waals surface area (Å²) in [6, 6.07) is 9.60. The summed E-state index contributed by atoms with van der Waals surface area (Å²) in [4.78, 5) is 37.9. The fraction of sp³-hybridized carbons (Fsp3) is 0.190. The van der Waals surface area contributed by atoms with Gasteiger partial charge in [0.05, 0.1) is 0 Å². The Morgan fingerprint density at radius 3 is 2.74 bits per heavy atom. The van der Waals surface area contributed by atoms with E-state index < -0.39 is 29.2 Å². The first-order chi connectivity index (χ1) is 14.9. The zero-order valence-electron chi connectivity index (χ0n) is 16.0. The fourth-order valence-corrected chi connectivity index (χ4v) is 4.88. The molecule has 2 amide bonds. The van der Waals surface area contributed by atoms with Gasteiger partial charge in [0.2, 0.25) is 0 Å². The van der Waals surface area contributed by atoms with Crippen LogP contribution < -0.4 is 10.1 Å². The molecule has 0 aliphatic carbocycles. The van der Waals surface area contributed by atoms with Crippen molar-refractivity contribution in [2.45, 2.75) is 18.0 Å². The highest BCUT2D eigenvalue weighted by atomic mass is 79.9. The van der Waals surface area contributed by atoms with Crippen LogP contribution >= 0.6 is 27.7 Å². The average molecular weight is 505 g/mol. The molecule has 160 valence electrons. The van der Waals surface area contributed by atoms with Crippen LogP contribution in [0.5, 0.6) is 5.75 Å². The van der Waals surface area contributed by atoms with Crippen molar-refractivity contribution in [3.63, 3.8) is 0 Å². The zero-order valence-corrected chi connectivity index (χ0v) is 18.4. The van der Waals surface area contributed by atoms with E-state index in [1.165, 1.54) is 28.8 Å². The molecule has 2 atom stereocenters. The molecular formula is C21H17BrN2O6S. The Labute approximate surface area is 190 Å². The molecule has 0 spiro atoms. The lowest BCUT2D eigenvalue weighted by atomic mass is 10.0. The maximum atomic E-state index is 12.6. The van der Waals surface area contributed by atoms with Crippen molar-refractivity contribution in [3.05, 3.63) is 76.3 Å². The first kappa shape index (κ1) is 21.3. The number of carboxylic acids is 1. The maximum absolute atomic E-state index is 12.6. The Morgan fingerprint density at radius 2 is 2.06 bits per heavy atom. The number of aliphatic carboxylic acids is 1. The normalized spacial score (nSPS) is 20.0. The number of carboxylic acid groups (broad SMARTS) is 1. The lowest BCUT2D eigenvalue weighted by Crippen LogP contribution is -2.70. The summed E-state index contributed by atoms with van der Waals surface area (Å²) in [5, 5.41) is 11.6. The van der Waals surface area contributed by atoms with Crippen molar-refractivity contribution < 1.29 is 28.6 Å². The van der Waals surface area contributed by atoms with Crippen LogP contribution in [0.1, 0.15) is 16.3 Å². The number of ether oxygens (including phenoxy) is 1. The molecule has 4 rings (SSSR count). The number of nitrogens with zero attached hydrogens (tertiary/aromatic N) is 1. The highest BCUT2D eigenvalue weighted by Gasteiger charge is 2.54. The molecule has 1 saturated heterocycles. The number of amides is 2. The summed E-state index contributed by atoms with van der Waals surface area (Å²) >= 11 is 4.72. The van der Waals surface area contributed by atoms with Gasteiger partial charge in [0.1, 0.15) is 35.2 Å². The third-order valence-corrected chi connectivity index (χ3v) is 6.64. The topological polar surface area (TPSA) is 109 Å². The van der Waals surface area contributed by atoms with Gasteiger partial charge < -0.3 is 19.6 Å². The molecule has 2 aliphatic rings. The minimum absolute atomic E-state index is 0.0437. The van der Waals surface area contributed by atoms with Gasteiger partial charge in [-0.3, -0.25) is 14.5 Å². The Morgan fingerprint density at radius 1 is 1.32 bits per heavy atom. The van der Waals surface area contributed by atoms with E-state index in [1.807, 2.05) is 12.1 Å². The van der Waals surface area contributed by atoms with E-state index in [-0.39, 0.29) is 18.1 Å². The molecule has 10 heteroatoms. The van der Waals surface area contributed by atoms with E-state index in [0.29, 0.717) is 22.8 Å². The maximum Gasteiger partial charge on any atom is 0.352 e. The molecule has 1 aromatic heterocycles. The number of thioether (sulfide) groups is 1. The Kier molecular flexibility index (Phi) is 5.92. The van der Waals surface area contributed by atoms with Crippen molar-refractivity contribution >= 4 is 45.5 Å². The number of halogens is 1. The van der Waals surface area contributed by atoms with Crippen LogP contribution in [0.2, 0.25) is 0 Å². The minimum Gasteiger partial charge on any atom is -0.486 e. The average Bonchev–Trinajstić information content (AvgIpc) is 3.24. The number of benzene rings is 1. The van der Waals surface area contributed by atoms with Gasteiger partial charge in [-0.25, -0.2) is 4.79 Å². The number of hydrogen-bond acceptors (Lipinski definition) is 6. The van der Waals surface area contributed by atoms with E-state index in [2.05, 4.69) is 27.8 Å². The Balaban J connectivity index is 1.38. The SMILES string of the molecule is C=CC1=C(C(=O)O)N2C(=O)[C@@H](NC(=O)c3ccc(COc4ccc(Br)cc4)o3)[C@H]2SC1. The van der Waals surface area contributed by atoms with Crippen LogP contribution in [0.4, 0.5) is 0 Å². The van der Waals surface area contributed by atoms with Crippen LogP contribution in [0.25, 0.3) is 0 Å². The third kappa shape index (κ3) is 4.13. The van der Waals surface area contributed by atoms with E-state index in [0.717, 1.165) is 4.47 Å². The van der Waals surface area contributed by atoms with Crippen LogP contribution in [0.15, 0.2) is 69.2 Å². The van der Waals surface area contributed by atoms with Crippen LogP contribution in [0, 0.1) is 0 Å². The van der Waals surface area contributed by atoms with Gasteiger partial charge in [-0.2, -0.15) is 0 Å². The highest BCUT2D eigenvalue weighted by molar-refractivity contribution is 9.10. The zero-order chi connectivity index (χ0) is 22.1. The van der Waals surface area contributed by atoms with Gasteiger partial charge in [0.15, 0.2) is 5.76 Å². The number of carbonyl (C=O) groups excluding carboxylic acids is 2. The van der Waals surface area contributed by atoms with Crippen LogP contribution in [0.3, 0.4) is 0 Å². The van der Waals surface area contributed by atoms with Gasteiger partial charge in [0.25, 0.3) is 11.8 Å². The first-order valence-corrected chi connectivity index (χ1v) is 11.0. The molecular weight excluding hydrogens is 488 g/mol. The van der Waals surface area contributed by atoms with Crippen molar-refractivity contribution in [1.29, 1.82) is 0 Å². The molecule has 0 saturated carbocycles. The summed E-state index contributed by atoms with van der Waals surface area (Å²) in [7, 11) is 0. The summed E-state index contributed by atoms with van der Waals surface area (Å²) in [5.74, 6) is -0.683. The van der Waals surface area contributed by atoms with Crippen molar-refractivity contribution in [3.8, 4) is 5.75 Å². The summed E-state index contributed by atoms with van der Waals surface area (Å²) in [6.07, 6.45) is 1.44. The number of carbonyl (C=O) groups is 3. The Hall–Kier alpha value is -2.98. The fourth-order valence-electron chi connectivity index (χ4n) is 3.27. The van der Waals surface area contributed by atoms with Gasteiger partial charge >= 0.3 is 5.97 Å². The number of nitrogens with one attached hydrogen (secondary N) is 1. The second-order valence-corrected chi connectivity index (χ2v) is 8.77. The van der Waals surface area contributed by atoms with E-state index >= 15 is 0 Å². The molecule has 1 aromatic carbocycles.